The quantitative estimate of drug-likeness (QED) is 0.866. The molecule has 1 N–H and O–H groups in total. The molecule has 1 aromatic carbocycles. The van der Waals surface area contributed by atoms with Crippen LogP contribution in [0.2, 0.25) is 0 Å². The van der Waals surface area contributed by atoms with Crippen LogP contribution in [0.5, 0.6) is 0 Å². The van der Waals surface area contributed by atoms with Gasteiger partial charge in [-0.3, -0.25) is 4.90 Å². The van der Waals surface area contributed by atoms with Gasteiger partial charge in [-0.2, -0.15) is 0 Å². The highest BCUT2D eigenvalue weighted by molar-refractivity contribution is 5.45. The standard InChI is InChI=1S/C15H24N2O/c1-3-15-12-18-10-9-17(15)8-7-16-14-6-4-5-13(2)11-14/h4-6,11,15-16H,3,7-10,12H2,1-2H3. The summed E-state index contributed by atoms with van der Waals surface area (Å²) >= 11 is 0. The minimum atomic E-state index is 0.595. The molecule has 0 amide bonds. The summed E-state index contributed by atoms with van der Waals surface area (Å²) < 4.78 is 5.52. The summed E-state index contributed by atoms with van der Waals surface area (Å²) in [6, 6.07) is 9.14. The normalized spacial score (nSPS) is 20.9. The van der Waals surface area contributed by atoms with Gasteiger partial charge in [0.15, 0.2) is 0 Å². The van der Waals surface area contributed by atoms with Crippen molar-refractivity contribution in [3.8, 4) is 0 Å². The second-order valence-electron chi connectivity index (χ2n) is 4.97. The van der Waals surface area contributed by atoms with Gasteiger partial charge in [-0.1, -0.05) is 19.1 Å². The van der Waals surface area contributed by atoms with Crippen LogP contribution >= 0.6 is 0 Å². The van der Waals surface area contributed by atoms with Crippen LogP contribution in [-0.2, 0) is 4.74 Å². The van der Waals surface area contributed by atoms with E-state index in [1.807, 2.05) is 0 Å². The number of anilines is 1. The molecule has 100 valence electrons. The number of benzene rings is 1. The fraction of sp³-hybridized carbons (Fsp3) is 0.600. The van der Waals surface area contributed by atoms with E-state index in [-0.39, 0.29) is 0 Å². The van der Waals surface area contributed by atoms with Crippen molar-refractivity contribution in [2.24, 2.45) is 0 Å². The van der Waals surface area contributed by atoms with Gasteiger partial charge < -0.3 is 10.1 Å². The zero-order valence-corrected chi connectivity index (χ0v) is 11.5. The molecule has 18 heavy (non-hydrogen) atoms. The van der Waals surface area contributed by atoms with Crippen molar-refractivity contribution in [3.05, 3.63) is 29.8 Å². The van der Waals surface area contributed by atoms with Crippen LogP contribution in [0.4, 0.5) is 5.69 Å². The van der Waals surface area contributed by atoms with E-state index in [4.69, 9.17) is 4.74 Å². The minimum Gasteiger partial charge on any atom is -0.384 e. The van der Waals surface area contributed by atoms with E-state index in [1.165, 1.54) is 17.7 Å². The SMILES string of the molecule is CCC1COCCN1CCNc1cccc(C)c1. The van der Waals surface area contributed by atoms with Crippen LogP contribution in [0.3, 0.4) is 0 Å². The van der Waals surface area contributed by atoms with E-state index in [0.717, 1.165) is 32.8 Å². The Kier molecular flexibility index (Phi) is 5.02. The van der Waals surface area contributed by atoms with Gasteiger partial charge in [0.2, 0.25) is 0 Å². The average Bonchev–Trinajstić information content (AvgIpc) is 2.39. The number of hydrogen-bond donors (Lipinski definition) is 1. The molecule has 1 atom stereocenters. The van der Waals surface area contributed by atoms with Crippen molar-refractivity contribution in [3.63, 3.8) is 0 Å². The zero-order chi connectivity index (χ0) is 12.8. The largest absolute Gasteiger partial charge is 0.384 e. The molecule has 3 heteroatoms. The number of rotatable bonds is 5. The highest BCUT2D eigenvalue weighted by atomic mass is 16.5. The van der Waals surface area contributed by atoms with Crippen LogP contribution < -0.4 is 5.32 Å². The second-order valence-corrected chi connectivity index (χ2v) is 4.97. The molecule has 0 radical (unpaired) electrons. The molecular weight excluding hydrogens is 224 g/mol. The molecule has 0 spiro atoms. The van der Waals surface area contributed by atoms with Crippen molar-refractivity contribution < 1.29 is 4.74 Å². The number of ether oxygens (including phenoxy) is 1. The third-order valence-electron chi connectivity index (χ3n) is 3.57. The van der Waals surface area contributed by atoms with E-state index in [2.05, 4.69) is 48.3 Å². The predicted octanol–water partition coefficient (Wildman–Crippen LogP) is 2.52. The van der Waals surface area contributed by atoms with Gasteiger partial charge in [0.05, 0.1) is 13.2 Å². The van der Waals surface area contributed by atoms with Crippen molar-refractivity contribution >= 4 is 5.69 Å². The smallest absolute Gasteiger partial charge is 0.0622 e. The van der Waals surface area contributed by atoms with Crippen LogP contribution in [0.1, 0.15) is 18.9 Å². The molecule has 1 saturated heterocycles. The predicted molar refractivity (Wildman–Crippen MR) is 76.1 cm³/mol. The van der Waals surface area contributed by atoms with Gasteiger partial charge in [-0.25, -0.2) is 0 Å². The maximum atomic E-state index is 5.52. The molecule has 0 bridgehead atoms. The lowest BCUT2D eigenvalue weighted by atomic mass is 10.2. The first-order valence-electron chi connectivity index (χ1n) is 6.92. The number of nitrogens with one attached hydrogen (secondary N) is 1. The number of hydrogen-bond acceptors (Lipinski definition) is 3. The van der Waals surface area contributed by atoms with Crippen molar-refractivity contribution in [2.75, 3.05) is 38.2 Å². The third-order valence-corrected chi connectivity index (χ3v) is 3.57. The van der Waals surface area contributed by atoms with E-state index in [0.29, 0.717) is 6.04 Å². The van der Waals surface area contributed by atoms with Crippen LogP contribution in [0.25, 0.3) is 0 Å². The van der Waals surface area contributed by atoms with Gasteiger partial charge in [-0.05, 0) is 31.0 Å². The Bertz CT molecular complexity index is 367. The molecule has 3 nitrogen and oxygen atoms in total. The lowest BCUT2D eigenvalue weighted by Gasteiger charge is -2.35. The summed E-state index contributed by atoms with van der Waals surface area (Å²) in [6.45, 7) is 9.28. The van der Waals surface area contributed by atoms with Crippen LogP contribution in [0.15, 0.2) is 24.3 Å². The number of aryl methyl sites for hydroxylation is 1. The Balaban J connectivity index is 1.77. The Morgan fingerprint density at radius 1 is 1.44 bits per heavy atom. The molecule has 0 aromatic heterocycles. The van der Waals surface area contributed by atoms with Gasteiger partial charge in [0, 0.05) is 31.4 Å². The average molecular weight is 248 g/mol. The summed E-state index contributed by atoms with van der Waals surface area (Å²) in [5, 5.41) is 3.49. The van der Waals surface area contributed by atoms with Crippen molar-refractivity contribution in [1.82, 2.24) is 4.90 Å². The Morgan fingerprint density at radius 3 is 3.11 bits per heavy atom. The first-order chi connectivity index (χ1) is 8.79. The van der Waals surface area contributed by atoms with Crippen LogP contribution in [-0.4, -0.2) is 43.8 Å². The molecule has 1 aliphatic heterocycles. The van der Waals surface area contributed by atoms with Gasteiger partial charge in [0.25, 0.3) is 0 Å². The highest BCUT2D eigenvalue weighted by Gasteiger charge is 2.20. The van der Waals surface area contributed by atoms with Gasteiger partial charge in [-0.15, -0.1) is 0 Å². The fourth-order valence-electron chi connectivity index (χ4n) is 2.46. The van der Waals surface area contributed by atoms with Gasteiger partial charge in [0.1, 0.15) is 0 Å². The van der Waals surface area contributed by atoms with E-state index < -0.39 is 0 Å². The number of morpholine rings is 1. The molecule has 1 heterocycles. The molecule has 1 fully saturated rings. The third kappa shape index (κ3) is 3.72. The zero-order valence-electron chi connectivity index (χ0n) is 11.5. The first-order valence-corrected chi connectivity index (χ1v) is 6.92. The lowest BCUT2D eigenvalue weighted by Crippen LogP contribution is -2.46. The lowest BCUT2D eigenvalue weighted by molar-refractivity contribution is -0.00648. The summed E-state index contributed by atoms with van der Waals surface area (Å²) in [7, 11) is 0. The van der Waals surface area contributed by atoms with E-state index in [9.17, 15) is 0 Å². The van der Waals surface area contributed by atoms with Crippen LogP contribution in [0, 0.1) is 6.92 Å². The molecule has 0 aliphatic carbocycles. The molecule has 1 aromatic rings. The fourth-order valence-corrected chi connectivity index (χ4v) is 2.46. The molecule has 1 unspecified atom stereocenters. The Labute approximate surface area is 110 Å². The topological polar surface area (TPSA) is 24.5 Å². The van der Waals surface area contributed by atoms with Gasteiger partial charge >= 0.3 is 0 Å². The highest BCUT2D eigenvalue weighted by Crippen LogP contribution is 2.11. The first kappa shape index (κ1) is 13.4. The van der Waals surface area contributed by atoms with E-state index in [1.54, 1.807) is 0 Å². The summed E-state index contributed by atoms with van der Waals surface area (Å²) in [4.78, 5) is 2.53. The second kappa shape index (κ2) is 6.76. The monoisotopic (exact) mass is 248 g/mol. The molecular formula is C15H24N2O. The summed E-state index contributed by atoms with van der Waals surface area (Å²) in [5.41, 5.74) is 2.52. The van der Waals surface area contributed by atoms with E-state index >= 15 is 0 Å². The molecule has 1 aliphatic rings. The maximum Gasteiger partial charge on any atom is 0.0622 e. The summed E-state index contributed by atoms with van der Waals surface area (Å²) in [5.74, 6) is 0. The minimum absolute atomic E-state index is 0.595. The molecule has 0 saturated carbocycles. The van der Waals surface area contributed by atoms with Crippen molar-refractivity contribution in [1.29, 1.82) is 0 Å². The molecule has 2 rings (SSSR count). The number of nitrogens with zero attached hydrogens (tertiary/aromatic N) is 1. The van der Waals surface area contributed by atoms with Crippen molar-refractivity contribution in [2.45, 2.75) is 26.3 Å². The summed E-state index contributed by atoms with van der Waals surface area (Å²) in [6.07, 6.45) is 1.17. The Hall–Kier alpha value is -1.06. The Morgan fingerprint density at radius 2 is 2.33 bits per heavy atom. The maximum absolute atomic E-state index is 5.52.